The Morgan fingerprint density at radius 2 is 1.02 bits per heavy atom. The number of nitrogens with zero attached hydrogens (tertiary/aromatic N) is 7. The smallest absolute Gasteiger partial charge is 0.415 e. The van der Waals surface area contributed by atoms with Gasteiger partial charge in [0.05, 0.1) is 30.2 Å². The lowest BCUT2D eigenvalue weighted by Gasteiger charge is -2.28. The van der Waals surface area contributed by atoms with Crippen molar-refractivity contribution in [2.75, 3.05) is 34.1 Å². The molecule has 0 radical (unpaired) electrons. The number of fused-ring (bicyclic) bond motifs is 2. The van der Waals surface area contributed by atoms with Gasteiger partial charge in [0.2, 0.25) is 0 Å². The van der Waals surface area contributed by atoms with Crippen molar-refractivity contribution >= 4 is 72.2 Å². The van der Waals surface area contributed by atoms with E-state index in [-0.39, 0.29) is 21.8 Å². The zero-order chi connectivity index (χ0) is 57.3. The predicted molar refractivity (Wildman–Crippen MR) is 313 cm³/mol. The summed E-state index contributed by atoms with van der Waals surface area (Å²) in [7, 11) is 3.94. The number of hydrogen-bond acceptors (Lipinski definition) is 13. The van der Waals surface area contributed by atoms with E-state index in [0.717, 1.165) is 96.8 Å². The molecule has 0 spiro atoms. The number of nitrogens with one attached hydrogen (secondary N) is 3. The van der Waals surface area contributed by atoms with Crippen molar-refractivity contribution in [2.45, 2.75) is 140 Å². The zero-order valence-corrected chi connectivity index (χ0v) is 47.7. The van der Waals surface area contributed by atoms with Crippen molar-refractivity contribution in [3.8, 4) is 0 Å². The third-order valence-corrected chi connectivity index (χ3v) is 16.7. The summed E-state index contributed by atoms with van der Waals surface area (Å²) >= 11 is 2.16. The fraction of sp³-hybridized carbons (Fsp3) is 0.393. The molecular weight excluding hydrogens is 1080 g/mol. The van der Waals surface area contributed by atoms with E-state index in [0.29, 0.717) is 57.2 Å². The first-order chi connectivity index (χ1) is 38.7. The monoisotopic (exact) mass is 1150 g/mol. The van der Waals surface area contributed by atoms with E-state index in [2.05, 4.69) is 82.1 Å². The molecule has 1 amide bonds. The van der Waals surface area contributed by atoms with Crippen LogP contribution in [0.1, 0.15) is 91.3 Å². The summed E-state index contributed by atoms with van der Waals surface area (Å²) in [6.07, 6.45) is -2.08. The summed E-state index contributed by atoms with van der Waals surface area (Å²) in [5.41, 5.74) is 5.83. The van der Waals surface area contributed by atoms with Gasteiger partial charge in [0.15, 0.2) is 0 Å². The SMILES string of the molecule is CN(c1ncnc2sc(CC(F)(F)F)cc12)[C@@H]1CC[C@H](NCc2ccc(N(Cc3ccccc3)C(=O)OC(C)(C)C)cc2)C1.CN(c1ncnc2sc(CC(F)(F)F)cc12)[C@@H]1CC[C@H](NCc2ccc(NCc3ccccc3)cc2)C1. The van der Waals surface area contributed by atoms with Crippen LogP contribution in [0.2, 0.25) is 0 Å². The van der Waals surface area contributed by atoms with Gasteiger partial charge in [-0.05, 0) is 118 Å². The van der Waals surface area contributed by atoms with Crippen molar-refractivity contribution in [3.63, 3.8) is 0 Å². The summed E-state index contributed by atoms with van der Waals surface area (Å²) in [5, 5.41) is 12.2. The largest absolute Gasteiger partial charge is 0.443 e. The van der Waals surface area contributed by atoms with Crippen LogP contribution in [-0.2, 0) is 43.8 Å². The normalized spacial score (nSPS) is 17.5. The minimum Gasteiger partial charge on any atom is -0.443 e. The second kappa shape index (κ2) is 25.9. The highest BCUT2D eigenvalue weighted by molar-refractivity contribution is 7.19. The van der Waals surface area contributed by atoms with Crippen LogP contribution in [0.25, 0.3) is 20.4 Å². The minimum absolute atomic E-state index is 0.208. The van der Waals surface area contributed by atoms with Crippen LogP contribution in [-0.4, -0.2) is 82.2 Å². The number of amides is 1. The second-order valence-corrected chi connectivity index (χ2v) is 24.1. The van der Waals surface area contributed by atoms with Gasteiger partial charge in [-0.1, -0.05) is 84.9 Å². The number of carbonyl (C=O) groups excluding carboxylic acids is 1. The molecule has 0 unspecified atom stereocenters. The number of benzene rings is 4. The zero-order valence-electron chi connectivity index (χ0n) is 46.0. The summed E-state index contributed by atoms with van der Waals surface area (Å²) in [6, 6.07) is 40.9. The average Bonchev–Trinajstić information content (AvgIpc) is 4.48. The van der Waals surface area contributed by atoms with Gasteiger partial charge in [-0.25, -0.2) is 24.7 Å². The van der Waals surface area contributed by atoms with Crippen LogP contribution >= 0.6 is 22.7 Å². The van der Waals surface area contributed by atoms with Crippen molar-refractivity contribution in [1.29, 1.82) is 0 Å². The second-order valence-electron chi connectivity index (χ2n) is 21.9. The Labute approximate surface area is 477 Å². The van der Waals surface area contributed by atoms with Gasteiger partial charge in [-0.2, -0.15) is 26.3 Å². The molecule has 2 aliphatic rings. The maximum absolute atomic E-state index is 13.1. The van der Waals surface area contributed by atoms with Gasteiger partial charge < -0.3 is 30.5 Å². The first-order valence-corrected chi connectivity index (χ1v) is 28.8. The van der Waals surface area contributed by atoms with E-state index in [1.165, 1.54) is 23.8 Å². The molecule has 0 bridgehead atoms. The maximum Gasteiger partial charge on any atom is 0.415 e. The Morgan fingerprint density at radius 1 is 0.580 bits per heavy atom. The minimum atomic E-state index is -4.26. The van der Waals surface area contributed by atoms with Crippen LogP contribution < -0.4 is 30.7 Å². The van der Waals surface area contributed by atoms with Gasteiger partial charge >= 0.3 is 18.4 Å². The number of thiophene rings is 2. The molecule has 4 aromatic heterocycles. The molecule has 10 rings (SSSR count). The molecule has 0 aliphatic heterocycles. The molecule has 4 heterocycles. The molecule has 428 valence electrons. The lowest BCUT2D eigenvalue weighted by molar-refractivity contribution is -0.127. The Morgan fingerprint density at radius 3 is 1.48 bits per heavy atom. The van der Waals surface area contributed by atoms with Crippen LogP contribution in [0.4, 0.5) is 54.1 Å². The van der Waals surface area contributed by atoms with Crippen LogP contribution in [0.3, 0.4) is 0 Å². The van der Waals surface area contributed by atoms with E-state index in [9.17, 15) is 31.1 Å². The van der Waals surface area contributed by atoms with E-state index >= 15 is 0 Å². The third kappa shape index (κ3) is 16.6. The lowest BCUT2D eigenvalue weighted by atomic mass is 10.1. The first-order valence-electron chi connectivity index (χ1n) is 27.2. The predicted octanol–water partition coefficient (Wildman–Crippen LogP) is 14.4. The van der Waals surface area contributed by atoms with Crippen LogP contribution in [0.5, 0.6) is 0 Å². The summed E-state index contributed by atoms with van der Waals surface area (Å²) in [5.74, 6) is 1.38. The molecular formula is C61H68F6N10O2S2. The number of halogens is 6. The first kappa shape index (κ1) is 58.8. The Kier molecular flexibility index (Phi) is 18.8. The average molecular weight is 1150 g/mol. The number of alkyl halides is 6. The van der Waals surface area contributed by atoms with Gasteiger partial charge in [0.25, 0.3) is 0 Å². The Balaban J connectivity index is 0.000000198. The van der Waals surface area contributed by atoms with Gasteiger partial charge in [-0.15, -0.1) is 22.7 Å². The highest BCUT2D eigenvalue weighted by atomic mass is 32.1. The van der Waals surface area contributed by atoms with E-state index in [4.69, 9.17) is 4.74 Å². The highest BCUT2D eigenvalue weighted by Gasteiger charge is 2.34. The molecule has 4 atom stereocenters. The summed E-state index contributed by atoms with van der Waals surface area (Å²) in [6.45, 7) is 8.24. The van der Waals surface area contributed by atoms with Crippen molar-refractivity contribution < 1.29 is 35.9 Å². The number of anilines is 4. The molecule has 8 aromatic rings. The number of hydrogen-bond donors (Lipinski definition) is 3. The van der Waals surface area contributed by atoms with Gasteiger partial charge in [0, 0.05) is 79.0 Å². The summed E-state index contributed by atoms with van der Waals surface area (Å²) < 4.78 is 83.2. The number of aromatic nitrogens is 4. The Hall–Kier alpha value is -6.87. The highest BCUT2D eigenvalue weighted by Crippen LogP contribution is 2.38. The quantitative estimate of drug-likeness (QED) is 0.0712. The maximum atomic E-state index is 13.1. The van der Waals surface area contributed by atoms with Gasteiger partial charge in [0.1, 0.15) is 39.6 Å². The summed E-state index contributed by atoms with van der Waals surface area (Å²) in [4.78, 5) is 37.9. The Bertz CT molecular complexity index is 3300. The number of rotatable bonds is 18. The van der Waals surface area contributed by atoms with Crippen molar-refractivity contribution in [2.24, 2.45) is 0 Å². The van der Waals surface area contributed by atoms with Crippen molar-refractivity contribution in [1.82, 2.24) is 30.6 Å². The molecule has 20 heteroatoms. The molecule has 2 aliphatic carbocycles. The molecule has 0 saturated heterocycles. The van der Waals surface area contributed by atoms with Crippen LogP contribution in [0.15, 0.2) is 134 Å². The molecule has 3 N–H and O–H groups in total. The van der Waals surface area contributed by atoms with E-state index in [1.54, 1.807) is 17.0 Å². The van der Waals surface area contributed by atoms with Crippen LogP contribution in [0, 0.1) is 0 Å². The standard InChI is InChI=1S/C33H38F3N5O2S.C28H30F3N5S/c1-32(2,3)43-31(42)41(20-23-8-6-5-7-9-23)25-13-10-22(11-14-25)19-37-24-12-15-26(16-24)40(4)29-28-17-27(18-33(34,35)36)44-30(28)39-21-38-29;1-36(26-25-14-24(15-28(29,30)31)37-27(25)35-18-34-26)23-12-11-22(13-23)33-17-20-7-9-21(10-8-20)32-16-19-5-3-2-4-6-19/h5-11,13-14,17,21,24,26,37H,12,15-16,18-20H2,1-4H3;2-10,14,18,22-23,32-33H,11-13,15-17H2,1H3/t24-,26+;22-,23+/m00/s1. The van der Waals surface area contributed by atoms with Gasteiger partial charge in [-0.3, -0.25) is 4.90 Å². The van der Waals surface area contributed by atoms with E-state index in [1.807, 2.05) is 108 Å². The fourth-order valence-electron chi connectivity index (χ4n) is 10.5. The molecule has 2 fully saturated rings. The van der Waals surface area contributed by atoms with E-state index < -0.39 is 36.9 Å². The number of ether oxygens (including phenoxy) is 1. The molecule has 4 aromatic carbocycles. The molecule has 2 saturated carbocycles. The van der Waals surface area contributed by atoms with Crippen molar-refractivity contribution in [3.05, 3.63) is 166 Å². The molecule has 12 nitrogen and oxygen atoms in total. The number of carbonyl (C=O) groups is 1. The molecule has 81 heavy (non-hydrogen) atoms. The fourth-order valence-corrected chi connectivity index (χ4v) is 12.5. The third-order valence-electron chi connectivity index (χ3n) is 14.6. The topological polar surface area (TPSA) is 124 Å². The lowest BCUT2D eigenvalue weighted by Crippen LogP contribution is -2.36.